The van der Waals surface area contributed by atoms with E-state index in [1.54, 1.807) is 13.1 Å². The third-order valence-electron chi connectivity index (χ3n) is 8.62. The first-order valence-electron chi connectivity index (χ1n) is 15.2. The maximum absolute atomic E-state index is 15.0. The van der Waals surface area contributed by atoms with Gasteiger partial charge in [-0.05, 0) is 73.4 Å². The van der Waals surface area contributed by atoms with Gasteiger partial charge in [0.05, 0.1) is 22.3 Å². The second-order valence-electron chi connectivity index (χ2n) is 11.7. The monoisotopic (exact) mass is 770 g/mol. The van der Waals surface area contributed by atoms with E-state index in [2.05, 4.69) is 10.6 Å². The molecule has 0 aliphatic heterocycles. The summed E-state index contributed by atoms with van der Waals surface area (Å²) in [6.45, 7) is 3.25. The molecule has 0 saturated carbocycles. The normalized spacial score (nSPS) is 12.8. The first-order valence-corrected chi connectivity index (χ1v) is 20.3. The van der Waals surface area contributed by atoms with Gasteiger partial charge in [-0.3, -0.25) is 9.59 Å². The van der Waals surface area contributed by atoms with Crippen molar-refractivity contribution in [3.05, 3.63) is 69.8 Å². The van der Waals surface area contributed by atoms with Gasteiger partial charge in [0.15, 0.2) is 0 Å². The molecule has 2 rings (SSSR count). The molecular formula is C31H40F6N2O10Si2. The molecule has 4 N–H and O–H groups in total. The molecule has 12 nitrogen and oxygen atoms in total. The molecule has 0 radical (unpaired) electrons. The van der Waals surface area contributed by atoms with Crippen LogP contribution in [0.1, 0.15) is 65.4 Å². The van der Waals surface area contributed by atoms with Crippen LogP contribution in [0.15, 0.2) is 36.4 Å². The summed E-state index contributed by atoms with van der Waals surface area (Å²) in [4.78, 5) is 50.1. The molecule has 0 heterocycles. The minimum atomic E-state index is -6.24. The number of halogens is 6. The van der Waals surface area contributed by atoms with Gasteiger partial charge in [0.1, 0.15) is 0 Å². The molecule has 0 spiro atoms. The molecule has 2 aromatic carbocycles. The number of aromatic carboxylic acids is 2. The van der Waals surface area contributed by atoms with E-state index in [0.29, 0.717) is 36.7 Å². The van der Waals surface area contributed by atoms with E-state index in [9.17, 15) is 29.4 Å². The Morgan fingerprint density at radius 1 is 0.608 bits per heavy atom. The summed E-state index contributed by atoms with van der Waals surface area (Å²) in [6, 6.07) is 2.52. The number of carboxylic acids is 2. The van der Waals surface area contributed by atoms with Gasteiger partial charge in [-0.2, -0.15) is 26.3 Å². The Kier molecular flexibility index (Phi) is 14.6. The van der Waals surface area contributed by atoms with Crippen LogP contribution in [0.4, 0.5) is 26.3 Å². The average Bonchev–Trinajstić information content (AvgIpc) is 3.06. The first kappa shape index (κ1) is 43.3. The van der Waals surface area contributed by atoms with Crippen LogP contribution in [0.5, 0.6) is 0 Å². The number of amides is 2. The third kappa shape index (κ3) is 9.74. The summed E-state index contributed by atoms with van der Waals surface area (Å²) < 4.78 is 111. The molecule has 2 amide bonds. The van der Waals surface area contributed by atoms with Crippen LogP contribution in [0, 0.1) is 0 Å². The molecule has 2 aromatic rings. The molecule has 0 aliphatic carbocycles. The van der Waals surface area contributed by atoms with Crippen molar-refractivity contribution in [2.45, 2.75) is 55.8 Å². The molecule has 51 heavy (non-hydrogen) atoms. The van der Waals surface area contributed by atoms with Gasteiger partial charge in [0, 0.05) is 41.5 Å². The zero-order chi connectivity index (χ0) is 39.0. The van der Waals surface area contributed by atoms with E-state index < -0.39 is 92.0 Å². The Labute approximate surface area is 291 Å². The number of alkyl halides is 6. The maximum Gasteiger partial charge on any atom is 0.411 e. The van der Waals surface area contributed by atoms with Crippen LogP contribution in [0.25, 0.3) is 0 Å². The standard InChI is InChI=1S/C31H40F6N2O10Si2/c1-46-50(5,47-2)15-7-13-38-25(40)21-11-9-20(18-24(21)28(44)45)29(30(32,33)34,31(35,36)37)19-10-12-22(27(42)43)23(17-19)26(41)39-14-8-16-51(6,48-3)49-4/h9-12,17-18H,7-8,13-16H2,1-6H3,(H,38,40)(H,39,41)(H,42,43)(H,44,45). The van der Waals surface area contributed by atoms with E-state index in [1.807, 2.05) is 0 Å². The van der Waals surface area contributed by atoms with Crippen LogP contribution in [0.3, 0.4) is 0 Å². The maximum atomic E-state index is 15.0. The molecule has 0 saturated heterocycles. The largest absolute Gasteiger partial charge is 0.478 e. The van der Waals surface area contributed by atoms with Gasteiger partial charge in [0.2, 0.25) is 5.41 Å². The number of carbonyl (C=O) groups excluding carboxylic acids is 2. The second kappa shape index (κ2) is 17.1. The van der Waals surface area contributed by atoms with Gasteiger partial charge in [0.25, 0.3) is 11.8 Å². The van der Waals surface area contributed by atoms with Gasteiger partial charge in [-0.15, -0.1) is 0 Å². The predicted octanol–water partition coefficient (Wildman–Crippen LogP) is 5.46. The number of carbonyl (C=O) groups is 4. The van der Waals surface area contributed by atoms with Crippen molar-refractivity contribution < 1.29 is 73.4 Å². The minimum absolute atomic E-state index is 0.0508. The summed E-state index contributed by atoms with van der Waals surface area (Å²) in [5.41, 5.74) is -12.0. The quantitative estimate of drug-likeness (QED) is 0.0868. The SMILES string of the molecule is CO[Si](C)(CCCNC(=O)c1ccc(C(c2ccc(C(=O)O)c(C(=O)NCCC[Si](C)(OC)OC)c2)(C(F)(F)F)C(F)(F)F)cc1C(=O)O)OC. The topological polar surface area (TPSA) is 170 Å². The van der Waals surface area contributed by atoms with E-state index >= 15 is 26.3 Å². The van der Waals surface area contributed by atoms with Crippen LogP contribution < -0.4 is 10.6 Å². The average molecular weight is 771 g/mol. The highest BCUT2D eigenvalue weighted by Crippen LogP contribution is 2.56. The van der Waals surface area contributed by atoms with E-state index in [1.165, 1.54) is 28.4 Å². The molecule has 0 aromatic heterocycles. The lowest BCUT2D eigenvalue weighted by Gasteiger charge is -2.38. The van der Waals surface area contributed by atoms with Gasteiger partial charge in [-0.25, -0.2) is 9.59 Å². The van der Waals surface area contributed by atoms with E-state index in [-0.39, 0.29) is 37.7 Å². The number of benzene rings is 2. The summed E-state index contributed by atoms with van der Waals surface area (Å²) in [5, 5.41) is 24.2. The van der Waals surface area contributed by atoms with Crippen molar-refractivity contribution in [3.8, 4) is 0 Å². The predicted molar refractivity (Wildman–Crippen MR) is 174 cm³/mol. The summed E-state index contributed by atoms with van der Waals surface area (Å²) in [5.74, 6) is -6.16. The van der Waals surface area contributed by atoms with Gasteiger partial charge < -0.3 is 38.6 Å². The number of nitrogens with one attached hydrogen (secondary N) is 2. The molecular weight excluding hydrogens is 731 g/mol. The van der Waals surface area contributed by atoms with Crippen molar-refractivity contribution >= 4 is 40.9 Å². The number of hydrogen-bond acceptors (Lipinski definition) is 8. The lowest BCUT2D eigenvalue weighted by molar-refractivity contribution is -0.288. The molecule has 0 bridgehead atoms. The van der Waals surface area contributed by atoms with E-state index in [4.69, 9.17) is 17.7 Å². The molecule has 0 unspecified atom stereocenters. The number of carboxylic acid groups (broad SMARTS) is 2. The lowest BCUT2D eigenvalue weighted by Crippen LogP contribution is -2.55. The molecule has 0 fully saturated rings. The fraction of sp³-hybridized carbons (Fsp3) is 0.484. The fourth-order valence-corrected chi connectivity index (χ4v) is 8.06. The van der Waals surface area contributed by atoms with Gasteiger partial charge >= 0.3 is 41.4 Å². The summed E-state index contributed by atoms with van der Waals surface area (Å²) >= 11 is 0. The highest BCUT2D eigenvalue weighted by atomic mass is 28.4. The van der Waals surface area contributed by atoms with Crippen molar-refractivity contribution in [1.82, 2.24) is 10.6 Å². The Bertz CT molecular complexity index is 1570. The summed E-state index contributed by atoms with van der Waals surface area (Å²) in [6.07, 6.45) is -12.0. The molecule has 0 atom stereocenters. The molecule has 284 valence electrons. The van der Waals surface area contributed by atoms with Crippen molar-refractivity contribution in [1.29, 1.82) is 0 Å². The lowest BCUT2D eigenvalue weighted by atomic mass is 9.71. The second-order valence-corrected chi connectivity index (χ2v) is 18.8. The van der Waals surface area contributed by atoms with Gasteiger partial charge in [-0.1, -0.05) is 12.1 Å². The Morgan fingerprint density at radius 3 is 1.31 bits per heavy atom. The number of hydrogen-bond donors (Lipinski definition) is 4. The Balaban J connectivity index is 2.67. The third-order valence-corrected chi connectivity index (χ3v) is 14.6. The molecule has 0 aliphatic rings. The summed E-state index contributed by atoms with van der Waals surface area (Å²) in [7, 11) is 0.574. The fourth-order valence-electron chi connectivity index (χ4n) is 5.27. The minimum Gasteiger partial charge on any atom is -0.478 e. The smallest absolute Gasteiger partial charge is 0.411 e. The Hall–Kier alpha value is -3.83. The zero-order valence-corrected chi connectivity index (χ0v) is 30.6. The van der Waals surface area contributed by atoms with E-state index in [0.717, 1.165) is 0 Å². The number of rotatable bonds is 18. The van der Waals surface area contributed by atoms with Crippen LogP contribution in [-0.4, -0.2) is 105 Å². The zero-order valence-electron chi connectivity index (χ0n) is 28.6. The van der Waals surface area contributed by atoms with Crippen LogP contribution in [-0.2, 0) is 23.1 Å². The molecule has 20 heteroatoms. The highest BCUT2D eigenvalue weighted by molar-refractivity contribution is 6.66. The first-order chi connectivity index (χ1) is 23.6. The van der Waals surface area contributed by atoms with Crippen molar-refractivity contribution in [3.63, 3.8) is 0 Å². The Morgan fingerprint density at radius 2 is 0.961 bits per heavy atom. The van der Waals surface area contributed by atoms with Crippen LogP contribution >= 0.6 is 0 Å². The van der Waals surface area contributed by atoms with Crippen molar-refractivity contribution in [2.24, 2.45) is 0 Å². The van der Waals surface area contributed by atoms with Crippen molar-refractivity contribution in [2.75, 3.05) is 41.5 Å². The van der Waals surface area contributed by atoms with Crippen LogP contribution in [0.2, 0.25) is 25.2 Å². The highest BCUT2D eigenvalue weighted by Gasteiger charge is 2.72.